The summed E-state index contributed by atoms with van der Waals surface area (Å²) >= 11 is 0. The maximum absolute atomic E-state index is 13.0. The molecule has 0 radical (unpaired) electrons. The van der Waals surface area contributed by atoms with Crippen molar-refractivity contribution in [1.29, 1.82) is 0 Å². The second-order valence-electron chi connectivity index (χ2n) is 8.72. The second kappa shape index (κ2) is 10.4. The van der Waals surface area contributed by atoms with Crippen molar-refractivity contribution < 1.29 is 27.8 Å². The maximum Gasteiger partial charge on any atom is 0.340 e. The Morgan fingerprint density at radius 1 is 0.700 bits per heavy atom. The molecule has 1 aromatic carbocycles. The number of ether oxygens (including phenoxy) is 2. The second-order valence-corrected chi connectivity index (χ2v) is 8.72. The molecular formula is C24H32F2O4. The average molecular weight is 423 g/mol. The number of hydrogen-bond donors (Lipinski definition) is 0. The Morgan fingerprint density at radius 2 is 1.00 bits per heavy atom. The first-order valence-corrected chi connectivity index (χ1v) is 11.1. The predicted molar refractivity (Wildman–Crippen MR) is 110 cm³/mol. The fraction of sp³-hybridized carbons (Fsp3) is 0.667. The van der Waals surface area contributed by atoms with Crippen LogP contribution in [0.1, 0.15) is 88.2 Å². The Morgan fingerprint density at radius 3 is 1.27 bits per heavy atom. The monoisotopic (exact) mass is 422 g/mol. The minimum Gasteiger partial charge on any atom is -0.460 e. The van der Waals surface area contributed by atoms with E-state index in [0.29, 0.717) is 11.8 Å². The van der Waals surface area contributed by atoms with Gasteiger partial charge in [0.05, 0.1) is 0 Å². The van der Waals surface area contributed by atoms with Gasteiger partial charge in [0.1, 0.15) is 12.2 Å². The van der Waals surface area contributed by atoms with E-state index in [-0.39, 0.29) is 12.2 Å². The van der Waals surface area contributed by atoms with Crippen LogP contribution in [0.4, 0.5) is 8.78 Å². The van der Waals surface area contributed by atoms with Gasteiger partial charge < -0.3 is 9.47 Å². The summed E-state index contributed by atoms with van der Waals surface area (Å²) in [5, 5.41) is 0. The van der Waals surface area contributed by atoms with Crippen LogP contribution in [0.2, 0.25) is 0 Å². The summed E-state index contributed by atoms with van der Waals surface area (Å²) in [6, 6.07) is 8.75. The number of benzene rings is 1. The van der Waals surface area contributed by atoms with E-state index in [0.717, 1.165) is 51.4 Å². The first-order chi connectivity index (χ1) is 14.3. The minimum absolute atomic E-state index is 0.170. The lowest BCUT2D eigenvalue weighted by Crippen LogP contribution is -2.27. The van der Waals surface area contributed by atoms with E-state index in [4.69, 9.17) is 9.47 Å². The number of hydrogen-bond acceptors (Lipinski definition) is 4. The van der Waals surface area contributed by atoms with Crippen molar-refractivity contribution in [2.45, 2.75) is 102 Å². The molecule has 4 nitrogen and oxygen atoms in total. The van der Waals surface area contributed by atoms with Gasteiger partial charge in [-0.15, -0.1) is 0 Å². The lowest BCUT2D eigenvalue weighted by Gasteiger charge is -2.30. The van der Waals surface area contributed by atoms with Crippen LogP contribution >= 0.6 is 0 Å². The van der Waals surface area contributed by atoms with Gasteiger partial charge in [0.15, 0.2) is 12.3 Å². The molecule has 1 aromatic rings. The number of halogens is 2. The van der Waals surface area contributed by atoms with Crippen LogP contribution < -0.4 is 0 Å². The van der Waals surface area contributed by atoms with E-state index < -0.39 is 24.3 Å². The molecule has 0 amide bonds. The van der Waals surface area contributed by atoms with Crippen LogP contribution in [0.15, 0.2) is 24.3 Å². The van der Waals surface area contributed by atoms with E-state index in [9.17, 15) is 18.4 Å². The molecule has 0 aliphatic heterocycles. The number of carbonyl (C=O) groups excluding carboxylic acids is 2. The molecule has 3 rings (SSSR count). The summed E-state index contributed by atoms with van der Waals surface area (Å²) in [7, 11) is 0. The van der Waals surface area contributed by atoms with E-state index in [1.54, 1.807) is 0 Å². The number of alkyl halides is 2. The van der Waals surface area contributed by atoms with Crippen LogP contribution in [0.25, 0.3) is 0 Å². The Labute approximate surface area is 177 Å². The smallest absolute Gasteiger partial charge is 0.340 e. The molecule has 0 bridgehead atoms. The average Bonchev–Trinajstić information content (AvgIpc) is 2.75. The minimum atomic E-state index is -1.57. The Hall–Kier alpha value is -1.98. The molecule has 0 aromatic heterocycles. The summed E-state index contributed by atoms with van der Waals surface area (Å²) in [5.74, 6) is -0.637. The summed E-state index contributed by atoms with van der Waals surface area (Å²) < 4.78 is 36.4. The largest absolute Gasteiger partial charge is 0.460 e. The van der Waals surface area contributed by atoms with Gasteiger partial charge in [0.25, 0.3) is 0 Å². The van der Waals surface area contributed by atoms with E-state index in [1.807, 2.05) is 0 Å². The highest BCUT2D eigenvalue weighted by Crippen LogP contribution is 2.37. The molecule has 2 fully saturated rings. The van der Waals surface area contributed by atoms with E-state index in [2.05, 4.69) is 24.3 Å². The molecule has 0 N–H and O–H groups in total. The molecule has 0 heterocycles. The molecule has 2 unspecified atom stereocenters. The van der Waals surface area contributed by atoms with Crippen molar-refractivity contribution in [1.82, 2.24) is 0 Å². The molecule has 0 spiro atoms. The van der Waals surface area contributed by atoms with Crippen LogP contribution in [0.3, 0.4) is 0 Å². The van der Waals surface area contributed by atoms with Crippen molar-refractivity contribution in [2.24, 2.45) is 0 Å². The Kier molecular flexibility index (Phi) is 7.84. The standard InChI is InChI=1S/C24H32F2O4/c1-15(25)23(27)29-21-11-7-19(8-12-21)17-3-5-18(6-4-17)20-9-13-22(14-10-20)30-24(28)16(2)26/h3-6,15-16,19-22H,7-14H2,1-2H3. The highest BCUT2D eigenvalue weighted by molar-refractivity contribution is 5.74. The van der Waals surface area contributed by atoms with E-state index in [1.165, 1.54) is 25.0 Å². The van der Waals surface area contributed by atoms with Gasteiger partial charge in [0.2, 0.25) is 0 Å². The molecule has 30 heavy (non-hydrogen) atoms. The van der Waals surface area contributed by atoms with Crippen LogP contribution in [-0.4, -0.2) is 36.5 Å². The van der Waals surface area contributed by atoms with Gasteiger partial charge in [-0.1, -0.05) is 24.3 Å². The third-order valence-corrected chi connectivity index (χ3v) is 6.44. The summed E-state index contributed by atoms with van der Waals surface area (Å²) in [5.41, 5.74) is 2.59. The van der Waals surface area contributed by atoms with Crippen molar-refractivity contribution in [3.05, 3.63) is 35.4 Å². The highest BCUT2D eigenvalue weighted by Gasteiger charge is 2.28. The van der Waals surface area contributed by atoms with Crippen LogP contribution in [0.5, 0.6) is 0 Å². The molecule has 2 saturated carbocycles. The first kappa shape index (κ1) is 22.7. The highest BCUT2D eigenvalue weighted by atomic mass is 19.1. The van der Waals surface area contributed by atoms with Crippen LogP contribution in [-0.2, 0) is 19.1 Å². The molecule has 166 valence electrons. The molecule has 6 heteroatoms. The van der Waals surface area contributed by atoms with Gasteiger partial charge >= 0.3 is 11.9 Å². The molecule has 0 saturated heterocycles. The molecule has 2 atom stereocenters. The van der Waals surface area contributed by atoms with Gasteiger partial charge in [0, 0.05) is 0 Å². The topological polar surface area (TPSA) is 52.6 Å². The zero-order valence-corrected chi connectivity index (χ0v) is 17.8. The third kappa shape index (κ3) is 6.02. The number of rotatable bonds is 6. The maximum atomic E-state index is 13.0. The molecule has 2 aliphatic carbocycles. The van der Waals surface area contributed by atoms with Crippen molar-refractivity contribution >= 4 is 11.9 Å². The fourth-order valence-corrected chi connectivity index (χ4v) is 4.58. The lowest BCUT2D eigenvalue weighted by atomic mass is 9.80. The Bertz CT molecular complexity index is 639. The lowest BCUT2D eigenvalue weighted by molar-refractivity contribution is -0.156. The van der Waals surface area contributed by atoms with Gasteiger partial charge in [-0.25, -0.2) is 18.4 Å². The van der Waals surface area contributed by atoms with E-state index >= 15 is 0 Å². The third-order valence-electron chi connectivity index (χ3n) is 6.44. The zero-order valence-electron chi connectivity index (χ0n) is 17.8. The quantitative estimate of drug-likeness (QED) is 0.565. The van der Waals surface area contributed by atoms with Crippen molar-refractivity contribution in [3.8, 4) is 0 Å². The predicted octanol–water partition coefficient (Wildman–Crippen LogP) is 5.54. The van der Waals surface area contributed by atoms with Gasteiger partial charge in [-0.2, -0.15) is 0 Å². The summed E-state index contributed by atoms with van der Waals surface area (Å²) in [4.78, 5) is 22.8. The van der Waals surface area contributed by atoms with Gasteiger partial charge in [-0.3, -0.25) is 0 Å². The fourth-order valence-electron chi connectivity index (χ4n) is 4.58. The van der Waals surface area contributed by atoms with Crippen molar-refractivity contribution in [2.75, 3.05) is 0 Å². The zero-order chi connectivity index (χ0) is 21.7. The van der Waals surface area contributed by atoms with Crippen LogP contribution in [0, 0.1) is 0 Å². The Balaban J connectivity index is 1.46. The normalized spacial score (nSPS) is 28.9. The number of carbonyl (C=O) groups is 2. The van der Waals surface area contributed by atoms with Crippen molar-refractivity contribution in [3.63, 3.8) is 0 Å². The number of esters is 2. The molecule has 2 aliphatic rings. The SMILES string of the molecule is CC(F)C(=O)OC1CCC(c2ccc(C3CCC(OC(=O)C(C)F)CC3)cc2)CC1. The first-order valence-electron chi connectivity index (χ1n) is 11.1. The molecular weight excluding hydrogens is 390 g/mol. The van der Waals surface area contributed by atoms with Gasteiger partial charge in [-0.05, 0) is 88.2 Å². The summed E-state index contributed by atoms with van der Waals surface area (Å²) in [6.45, 7) is 2.41. The summed E-state index contributed by atoms with van der Waals surface area (Å²) in [6.07, 6.45) is 3.33.